The summed E-state index contributed by atoms with van der Waals surface area (Å²) in [7, 11) is 1.93. The second kappa shape index (κ2) is 8.74. The molecule has 1 N–H and O–H groups in total. The van der Waals surface area contributed by atoms with Crippen LogP contribution in [0.5, 0.6) is 5.75 Å². The molecule has 0 radical (unpaired) electrons. The van der Waals surface area contributed by atoms with Gasteiger partial charge < -0.3 is 10.1 Å². The Labute approximate surface area is 191 Å². The monoisotopic (exact) mass is 439 g/mol. The molecular formula is C25H25N7O. The highest BCUT2D eigenvalue weighted by atomic mass is 16.5. The van der Waals surface area contributed by atoms with E-state index in [4.69, 9.17) is 14.7 Å². The number of rotatable bonds is 7. The summed E-state index contributed by atoms with van der Waals surface area (Å²) >= 11 is 0. The van der Waals surface area contributed by atoms with Gasteiger partial charge in [0.05, 0.1) is 17.8 Å². The quantitative estimate of drug-likeness (QED) is 0.380. The van der Waals surface area contributed by atoms with Crippen molar-refractivity contribution in [2.24, 2.45) is 7.05 Å². The van der Waals surface area contributed by atoms with E-state index >= 15 is 0 Å². The Bertz CT molecular complexity index is 1390. The number of nitrogens with one attached hydrogen (secondary N) is 1. The van der Waals surface area contributed by atoms with E-state index in [0.29, 0.717) is 30.3 Å². The molecule has 166 valence electrons. The van der Waals surface area contributed by atoms with Gasteiger partial charge in [-0.05, 0) is 38.1 Å². The summed E-state index contributed by atoms with van der Waals surface area (Å²) in [4.78, 5) is 14.4. The second-order valence-corrected chi connectivity index (χ2v) is 7.78. The van der Waals surface area contributed by atoms with Crippen molar-refractivity contribution in [2.75, 3.05) is 18.5 Å². The summed E-state index contributed by atoms with van der Waals surface area (Å²) in [5.41, 5.74) is 5.27. The Hall–Kier alpha value is -4.20. The Morgan fingerprint density at radius 3 is 2.36 bits per heavy atom. The Morgan fingerprint density at radius 1 is 0.939 bits per heavy atom. The number of ether oxygens (including phenoxy) is 1. The fraction of sp³-hybridized carbons (Fsp3) is 0.200. The van der Waals surface area contributed by atoms with Crippen molar-refractivity contribution in [3.05, 3.63) is 78.4 Å². The highest BCUT2D eigenvalue weighted by molar-refractivity contribution is 5.86. The van der Waals surface area contributed by atoms with Crippen LogP contribution in [-0.2, 0) is 7.05 Å². The van der Waals surface area contributed by atoms with Crippen LogP contribution in [-0.4, -0.2) is 42.5 Å². The molecule has 0 saturated carbocycles. The van der Waals surface area contributed by atoms with Gasteiger partial charge in [0.1, 0.15) is 18.7 Å². The molecule has 2 aromatic carbocycles. The smallest absolute Gasteiger partial charge is 0.170 e. The molecule has 3 heterocycles. The van der Waals surface area contributed by atoms with E-state index in [1.807, 2.05) is 90.8 Å². The Balaban J connectivity index is 1.53. The summed E-state index contributed by atoms with van der Waals surface area (Å²) < 4.78 is 9.66. The highest BCUT2D eigenvalue weighted by Crippen LogP contribution is 2.29. The molecule has 0 fully saturated rings. The van der Waals surface area contributed by atoms with Gasteiger partial charge in [0.25, 0.3) is 0 Å². The standard InChI is InChI=1S/C25H25N7O/c1-17-21(18(2)31(3)30-17)23-28-24(26-14-15-33-20-12-8-5-9-13-20)22-25(29-23)32(16-27-22)19-10-6-4-7-11-19/h4-13,16H,14-15H2,1-3H3,(H,26,28,29). The molecule has 33 heavy (non-hydrogen) atoms. The van der Waals surface area contributed by atoms with Gasteiger partial charge in [-0.3, -0.25) is 9.25 Å². The van der Waals surface area contributed by atoms with Gasteiger partial charge in [0.2, 0.25) is 0 Å². The Morgan fingerprint density at radius 2 is 1.67 bits per heavy atom. The summed E-state index contributed by atoms with van der Waals surface area (Å²) in [6.07, 6.45) is 1.78. The van der Waals surface area contributed by atoms with Crippen LogP contribution < -0.4 is 10.1 Å². The molecule has 0 unspecified atom stereocenters. The summed E-state index contributed by atoms with van der Waals surface area (Å²) in [6.45, 7) is 5.07. The number of anilines is 1. The van der Waals surface area contributed by atoms with Gasteiger partial charge in [-0.15, -0.1) is 0 Å². The lowest BCUT2D eigenvalue weighted by Gasteiger charge is -2.11. The van der Waals surface area contributed by atoms with E-state index in [0.717, 1.165) is 34.0 Å². The topological polar surface area (TPSA) is 82.7 Å². The average molecular weight is 440 g/mol. The minimum Gasteiger partial charge on any atom is -0.492 e. The number of para-hydroxylation sites is 2. The maximum Gasteiger partial charge on any atom is 0.170 e. The third kappa shape index (κ3) is 4.03. The summed E-state index contributed by atoms with van der Waals surface area (Å²) in [5.74, 6) is 2.13. The van der Waals surface area contributed by atoms with Crippen LogP contribution in [0.15, 0.2) is 67.0 Å². The van der Waals surface area contributed by atoms with Crippen molar-refractivity contribution in [1.29, 1.82) is 0 Å². The third-order valence-electron chi connectivity index (χ3n) is 5.57. The maximum absolute atomic E-state index is 5.83. The second-order valence-electron chi connectivity index (χ2n) is 7.78. The third-order valence-corrected chi connectivity index (χ3v) is 5.57. The molecule has 0 spiro atoms. The summed E-state index contributed by atoms with van der Waals surface area (Å²) in [6, 6.07) is 19.8. The van der Waals surface area contributed by atoms with Gasteiger partial charge in [-0.25, -0.2) is 15.0 Å². The van der Waals surface area contributed by atoms with E-state index in [-0.39, 0.29) is 0 Å². The average Bonchev–Trinajstić information content (AvgIpc) is 3.37. The molecular weight excluding hydrogens is 414 g/mol. The van der Waals surface area contributed by atoms with Crippen molar-refractivity contribution >= 4 is 17.0 Å². The van der Waals surface area contributed by atoms with Gasteiger partial charge in [0.15, 0.2) is 22.8 Å². The van der Waals surface area contributed by atoms with E-state index in [2.05, 4.69) is 15.4 Å². The van der Waals surface area contributed by atoms with Crippen LogP contribution in [0.1, 0.15) is 11.4 Å². The van der Waals surface area contributed by atoms with E-state index in [9.17, 15) is 0 Å². The normalized spacial score (nSPS) is 11.1. The molecule has 0 atom stereocenters. The van der Waals surface area contributed by atoms with Crippen LogP contribution >= 0.6 is 0 Å². The summed E-state index contributed by atoms with van der Waals surface area (Å²) in [5, 5.41) is 7.95. The first-order valence-corrected chi connectivity index (χ1v) is 10.8. The number of hydrogen-bond donors (Lipinski definition) is 1. The first kappa shape index (κ1) is 20.7. The van der Waals surface area contributed by atoms with Crippen LogP contribution in [0.4, 0.5) is 5.82 Å². The van der Waals surface area contributed by atoms with Crippen LogP contribution in [0, 0.1) is 13.8 Å². The molecule has 0 aliphatic heterocycles. The SMILES string of the molecule is Cc1nn(C)c(C)c1-c1nc(NCCOc2ccccc2)c2ncn(-c3ccccc3)c2n1. The van der Waals surface area contributed by atoms with E-state index in [1.54, 1.807) is 6.33 Å². The molecule has 0 amide bonds. The predicted molar refractivity (Wildman–Crippen MR) is 129 cm³/mol. The predicted octanol–water partition coefficient (Wildman–Crippen LogP) is 4.32. The number of aromatic nitrogens is 6. The largest absolute Gasteiger partial charge is 0.492 e. The van der Waals surface area contributed by atoms with Crippen molar-refractivity contribution in [1.82, 2.24) is 29.3 Å². The van der Waals surface area contributed by atoms with Crippen molar-refractivity contribution in [3.63, 3.8) is 0 Å². The maximum atomic E-state index is 5.83. The highest BCUT2D eigenvalue weighted by Gasteiger charge is 2.20. The molecule has 3 aromatic heterocycles. The molecule has 5 aromatic rings. The van der Waals surface area contributed by atoms with E-state index in [1.165, 1.54) is 0 Å². The number of imidazole rings is 1. The lowest BCUT2D eigenvalue weighted by molar-refractivity contribution is 0.333. The fourth-order valence-corrected chi connectivity index (χ4v) is 3.86. The van der Waals surface area contributed by atoms with Gasteiger partial charge in [-0.2, -0.15) is 5.10 Å². The zero-order chi connectivity index (χ0) is 22.8. The van der Waals surface area contributed by atoms with Gasteiger partial charge in [0, 0.05) is 18.4 Å². The molecule has 0 aliphatic carbocycles. The van der Waals surface area contributed by atoms with Crippen molar-refractivity contribution < 1.29 is 4.74 Å². The van der Waals surface area contributed by atoms with Crippen LogP contribution in [0.3, 0.4) is 0 Å². The minimum absolute atomic E-state index is 0.495. The first-order valence-electron chi connectivity index (χ1n) is 10.8. The van der Waals surface area contributed by atoms with Gasteiger partial charge in [-0.1, -0.05) is 36.4 Å². The number of fused-ring (bicyclic) bond motifs is 1. The zero-order valence-electron chi connectivity index (χ0n) is 18.9. The first-order chi connectivity index (χ1) is 16.1. The van der Waals surface area contributed by atoms with Crippen molar-refractivity contribution in [3.8, 4) is 22.8 Å². The molecule has 8 nitrogen and oxygen atoms in total. The minimum atomic E-state index is 0.495. The molecule has 8 heteroatoms. The lowest BCUT2D eigenvalue weighted by Crippen LogP contribution is -2.13. The fourth-order valence-electron chi connectivity index (χ4n) is 3.86. The number of nitrogens with zero attached hydrogens (tertiary/aromatic N) is 6. The molecule has 0 saturated heterocycles. The lowest BCUT2D eigenvalue weighted by atomic mass is 10.2. The van der Waals surface area contributed by atoms with Crippen LogP contribution in [0.2, 0.25) is 0 Å². The van der Waals surface area contributed by atoms with Crippen LogP contribution in [0.25, 0.3) is 28.2 Å². The van der Waals surface area contributed by atoms with Crippen molar-refractivity contribution in [2.45, 2.75) is 13.8 Å². The molecule has 0 aliphatic rings. The van der Waals surface area contributed by atoms with E-state index < -0.39 is 0 Å². The zero-order valence-corrected chi connectivity index (χ0v) is 18.9. The molecule has 5 rings (SSSR count). The molecule has 0 bridgehead atoms. The van der Waals surface area contributed by atoms with Gasteiger partial charge >= 0.3 is 0 Å². The Kier molecular flexibility index (Phi) is 5.48. The number of benzene rings is 2. The number of hydrogen-bond acceptors (Lipinski definition) is 6. The number of aryl methyl sites for hydroxylation is 2.